The first-order valence-electron chi connectivity index (χ1n) is 9.11. The molecule has 0 aliphatic carbocycles. The van der Waals surface area contributed by atoms with Gasteiger partial charge in [0.2, 0.25) is 0 Å². The average molecular weight is 479 g/mol. The van der Waals surface area contributed by atoms with E-state index in [9.17, 15) is 14.4 Å². The lowest BCUT2D eigenvalue weighted by molar-refractivity contribution is -0.124. The van der Waals surface area contributed by atoms with E-state index in [1.54, 1.807) is 12.1 Å². The smallest absolute Gasteiger partial charge is 0.338 e. The van der Waals surface area contributed by atoms with Gasteiger partial charge in [0.25, 0.3) is 11.8 Å². The predicted octanol–water partition coefficient (Wildman–Crippen LogP) is 3.16. The van der Waals surface area contributed by atoms with E-state index < -0.39 is 5.97 Å². The SMILES string of the molecule is COc1cc(C(=O)OCC(=O)NC(C)C)ccc1OCC(=O)Nc1ccc(Br)cc1. The van der Waals surface area contributed by atoms with E-state index in [0.29, 0.717) is 5.69 Å². The van der Waals surface area contributed by atoms with Gasteiger partial charge in [-0.1, -0.05) is 15.9 Å². The van der Waals surface area contributed by atoms with Gasteiger partial charge in [-0.05, 0) is 56.3 Å². The summed E-state index contributed by atoms with van der Waals surface area (Å²) >= 11 is 3.33. The number of rotatable bonds is 9. The molecule has 0 radical (unpaired) electrons. The molecule has 0 heterocycles. The van der Waals surface area contributed by atoms with Crippen molar-refractivity contribution < 1.29 is 28.6 Å². The second-order valence-electron chi connectivity index (χ2n) is 6.51. The Hall–Kier alpha value is -3.07. The third kappa shape index (κ3) is 7.40. The van der Waals surface area contributed by atoms with Crippen LogP contribution in [0.4, 0.5) is 5.69 Å². The largest absolute Gasteiger partial charge is 0.493 e. The number of ether oxygens (including phenoxy) is 3. The molecule has 0 saturated carbocycles. The topological polar surface area (TPSA) is 103 Å². The highest BCUT2D eigenvalue weighted by atomic mass is 79.9. The number of benzene rings is 2. The van der Waals surface area contributed by atoms with Crippen molar-refractivity contribution in [1.29, 1.82) is 0 Å². The van der Waals surface area contributed by atoms with Crippen LogP contribution in [0.3, 0.4) is 0 Å². The molecule has 0 atom stereocenters. The summed E-state index contributed by atoms with van der Waals surface area (Å²) in [4.78, 5) is 35.8. The molecule has 2 N–H and O–H groups in total. The maximum Gasteiger partial charge on any atom is 0.338 e. The lowest BCUT2D eigenvalue weighted by Crippen LogP contribution is -2.33. The Balaban J connectivity index is 1.93. The molecule has 2 amide bonds. The zero-order valence-electron chi connectivity index (χ0n) is 16.9. The first kappa shape index (κ1) is 23.2. The van der Waals surface area contributed by atoms with Gasteiger partial charge in [0.05, 0.1) is 12.7 Å². The second kappa shape index (κ2) is 11.2. The Morgan fingerprint density at radius 1 is 0.967 bits per heavy atom. The van der Waals surface area contributed by atoms with Crippen LogP contribution in [0.1, 0.15) is 24.2 Å². The minimum Gasteiger partial charge on any atom is -0.493 e. The lowest BCUT2D eigenvalue weighted by Gasteiger charge is -2.13. The third-order valence-electron chi connectivity index (χ3n) is 3.67. The predicted molar refractivity (Wildman–Crippen MR) is 115 cm³/mol. The number of esters is 1. The Labute approximate surface area is 183 Å². The molecule has 30 heavy (non-hydrogen) atoms. The van der Waals surface area contributed by atoms with Crippen LogP contribution < -0.4 is 20.1 Å². The maximum absolute atomic E-state index is 12.1. The van der Waals surface area contributed by atoms with Crippen molar-refractivity contribution in [2.45, 2.75) is 19.9 Å². The summed E-state index contributed by atoms with van der Waals surface area (Å²) in [6.45, 7) is 2.99. The number of nitrogens with one attached hydrogen (secondary N) is 2. The normalized spacial score (nSPS) is 10.3. The molecule has 2 aromatic carbocycles. The van der Waals surface area contributed by atoms with Crippen LogP contribution in [0.25, 0.3) is 0 Å². The van der Waals surface area contributed by atoms with Gasteiger partial charge in [-0.15, -0.1) is 0 Å². The highest BCUT2D eigenvalue weighted by Gasteiger charge is 2.15. The molecule has 0 aliphatic heterocycles. The van der Waals surface area contributed by atoms with Crippen molar-refractivity contribution >= 4 is 39.4 Å². The molecule has 0 aromatic heterocycles. The zero-order valence-corrected chi connectivity index (χ0v) is 18.4. The minimum absolute atomic E-state index is 0.0475. The van der Waals surface area contributed by atoms with Crippen LogP contribution in [-0.4, -0.2) is 44.1 Å². The van der Waals surface area contributed by atoms with E-state index in [1.165, 1.54) is 25.3 Å². The Kier molecular flexibility index (Phi) is 8.67. The van der Waals surface area contributed by atoms with Crippen molar-refractivity contribution in [2.24, 2.45) is 0 Å². The minimum atomic E-state index is -0.674. The van der Waals surface area contributed by atoms with Crippen LogP contribution in [0.5, 0.6) is 11.5 Å². The lowest BCUT2D eigenvalue weighted by atomic mass is 10.2. The molecule has 0 spiro atoms. The van der Waals surface area contributed by atoms with Crippen molar-refractivity contribution in [3.05, 3.63) is 52.5 Å². The molecular formula is C21H23BrN2O6. The fourth-order valence-electron chi connectivity index (χ4n) is 2.37. The van der Waals surface area contributed by atoms with Gasteiger partial charge in [0.15, 0.2) is 24.7 Å². The number of carbonyl (C=O) groups excluding carboxylic acids is 3. The Morgan fingerprint density at radius 3 is 2.30 bits per heavy atom. The van der Waals surface area contributed by atoms with Crippen LogP contribution in [0.15, 0.2) is 46.9 Å². The van der Waals surface area contributed by atoms with Crippen molar-refractivity contribution in [2.75, 3.05) is 25.6 Å². The molecular weight excluding hydrogens is 456 g/mol. The van der Waals surface area contributed by atoms with E-state index in [-0.39, 0.29) is 48.1 Å². The van der Waals surface area contributed by atoms with Gasteiger partial charge in [0, 0.05) is 16.2 Å². The van der Waals surface area contributed by atoms with Gasteiger partial charge in [-0.25, -0.2) is 4.79 Å². The fraction of sp³-hybridized carbons (Fsp3) is 0.286. The molecule has 9 heteroatoms. The van der Waals surface area contributed by atoms with Gasteiger partial charge in [0.1, 0.15) is 0 Å². The van der Waals surface area contributed by atoms with Gasteiger partial charge >= 0.3 is 5.97 Å². The van der Waals surface area contributed by atoms with Crippen LogP contribution in [0, 0.1) is 0 Å². The summed E-state index contributed by atoms with van der Waals surface area (Å²) in [6.07, 6.45) is 0. The first-order valence-corrected chi connectivity index (χ1v) is 9.90. The molecule has 0 saturated heterocycles. The molecule has 2 rings (SSSR count). The number of anilines is 1. The summed E-state index contributed by atoms with van der Waals surface area (Å²) in [5.74, 6) is -0.863. The molecule has 0 unspecified atom stereocenters. The standard InChI is InChI=1S/C21H23BrN2O6/c1-13(2)23-19(25)12-30-21(27)14-4-9-17(18(10-14)28-3)29-11-20(26)24-16-7-5-15(22)6-8-16/h4-10,13H,11-12H2,1-3H3,(H,23,25)(H,24,26). The Morgan fingerprint density at radius 2 is 1.67 bits per heavy atom. The van der Waals surface area contributed by atoms with Crippen molar-refractivity contribution in [3.63, 3.8) is 0 Å². The summed E-state index contributed by atoms with van der Waals surface area (Å²) in [6, 6.07) is 11.5. The van der Waals surface area contributed by atoms with Crippen molar-refractivity contribution in [1.82, 2.24) is 5.32 Å². The van der Waals surface area contributed by atoms with E-state index >= 15 is 0 Å². The average Bonchev–Trinajstić information content (AvgIpc) is 2.71. The number of hydrogen-bond acceptors (Lipinski definition) is 6. The number of halogens is 1. The van der Waals surface area contributed by atoms with E-state index in [4.69, 9.17) is 14.2 Å². The maximum atomic E-state index is 12.1. The zero-order chi connectivity index (χ0) is 22.1. The molecule has 0 fully saturated rings. The molecule has 0 aliphatic rings. The van der Waals surface area contributed by atoms with Crippen molar-refractivity contribution in [3.8, 4) is 11.5 Å². The third-order valence-corrected chi connectivity index (χ3v) is 4.20. The molecule has 160 valence electrons. The quantitative estimate of drug-likeness (QED) is 0.536. The van der Waals surface area contributed by atoms with Crippen LogP contribution in [-0.2, 0) is 14.3 Å². The number of carbonyl (C=O) groups is 3. The molecule has 2 aromatic rings. The van der Waals surface area contributed by atoms with Gasteiger partial charge in [-0.2, -0.15) is 0 Å². The summed E-state index contributed by atoms with van der Waals surface area (Å²) < 4.78 is 16.6. The van der Waals surface area contributed by atoms with E-state index in [0.717, 1.165) is 4.47 Å². The number of hydrogen-bond donors (Lipinski definition) is 2. The highest BCUT2D eigenvalue weighted by molar-refractivity contribution is 9.10. The van der Waals surface area contributed by atoms with Gasteiger partial charge < -0.3 is 24.8 Å². The van der Waals surface area contributed by atoms with Crippen LogP contribution in [0.2, 0.25) is 0 Å². The molecule has 8 nitrogen and oxygen atoms in total. The number of amides is 2. The van der Waals surface area contributed by atoms with Crippen LogP contribution >= 0.6 is 15.9 Å². The second-order valence-corrected chi connectivity index (χ2v) is 7.42. The van der Waals surface area contributed by atoms with E-state index in [1.807, 2.05) is 26.0 Å². The monoisotopic (exact) mass is 478 g/mol. The summed E-state index contributed by atoms with van der Waals surface area (Å²) in [7, 11) is 1.41. The number of methoxy groups -OCH3 is 1. The molecule has 0 bridgehead atoms. The first-order chi connectivity index (χ1) is 14.3. The summed E-state index contributed by atoms with van der Waals surface area (Å²) in [5.41, 5.74) is 0.828. The fourth-order valence-corrected chi connectivity index (χ4v) is 2.63. The highest BCUT2D eigenvalue weighted by Crippen LogP contribution is 2.28. The van der Waals surface area contributed by atoms with E-state index in [2.05, 4.69) is 26.6 Å². The summed E-state index contributed by atoms with van der Waals surface area (Å²) in [5, 5.41) is 5.34. The van der Waals surface area contributed by atoms with Gasteiger partial charge in [-0.3, -0.25) is 9.59 Å². The Bertz CT molecular complexity index is 899.